The second-order valence-electron chi connectivity index (χ2n) is 2.84. The van der Waals surface area contributed by atoms with E-state index in [9.17, 15) is 21.6 Å². The van der Waals surface area contributed by atoms with E-state index in [2.05, 4.69) is 9.72 Å². The zero-order valence-corrected chi connectivity index (χ0v) is 11.8. The van der Waals surface area contributed by atoms with Crippen LogP contribution in [0, 0.1) is 10.5 Å². The van der Waals surface area contributed by atoms with Crippen LogP contribution in [-0.2, 0) is 9.05 Å². The van der Waals surface area contributed by atoms with Crippen LogP contribution < -0.4 is 4.74 Å². The maximum absolute atomic E-state index is 12.1. The van der Waals surface area contributed by atoms with Crippen LogP contribution in [0.3, 0.4) is 0 Å². The van der Waals surface area contributed by atoms with Crippen LogP contribution in [0.4, 0.5) is 13.2 Å². The largest absolute Gasteiger partial charge is 0.573 e. The smallest absolute Gasteiger partial charge is 0.402 e. The van der Waals surface area contributed by atoms with E-state index >= 15 is 0 Å². The Balaban J connectivity index is 3.52. The Morgan fingerprint density at radius 1 is 1.47 bits per heavy atom. The normalized spacial score (nSPS) is 12.6. The van der Waals surface area contributed by atoms with Gasteiger partial charge in [0, 0.05) is 16.9 Å². The van der Waals surface area contributed by atoms with Gasteiger partial charge < -0.3 is 4.74 Å². The van der Waals surface area contributed by atoms with E-state index in [0.29, 0.717) is 0 Å². The Bertz CT molecular complexity index is 546. The summed E-state index contributed by atoms with van der Waals surface area (Å²) >= 11 is 1.51. The molecule has 0 aliphatic rings. The van der Waals surface area contributed by atoms with Gasteiger partial charge in [-0.1, -0.05) is 0 Å². The predicted molar refractivity (Wildman–Crippen MR) is 61.4 cm³/mol. The van der Waals surface area contributed by atoms with Crippen LogP contribution in [0.15, 0.2) is 11.1 Å². The molecule has 0 atom stereocenters. The molecular formula is C7H4ClF3INO3S. The van der Waals surface area contributed by atoms with E-state index in [0.717, 1.165) is 6.20 Å². The molecular weight excluding hydrogens is 397 g/mol. The minimum atomic E-state index is -5.02. The summed E-state index contributed by atoms with van der Waals surface area (Å²) in [6, 6.07) is 0. The van der Waals surface area contributed by atoms with Gasteiger partial charge in [0.25, 0.3) is 9.05 Å². The highest BCUT2D eigenvalue weighted by Crippen LogP contribution is 2.36. The summed E-state index contributed by atoms with van der Waals surface area (Å²) in [5, 5.41) is 0. The molecule has 17 heavy (non-hydrogen) atoms. The Morgan fingerprint density at radius 3 is 2.41 bits per heavy atom. The summed E-state index contributed by atoms with van der Waals surface area (Å²) in [4.78, 5) is 2.85. The zero-order chi connectivity index (χ0) is 13.4. The van der Waals surface area contributed by atoms with Crippen LogP contribution in [0.2, 0.25) is 0 Å². The third-order valence-corrected chi connectivity index (χ3v) is 4.12. The summed E-state index contributed by atoms with van der Waals surface area (Å²) in [5.41, 5.74) is -0.220. The molecule has 0 fully saturated rings. The molecule has 1 rings (SSSR count). The number of alkyl halides is 3. The zero-order valence-electron chi connectivity index (χ0n) is 8.05. The molecule has 0 saturated heterocycles. The molecule has 1 heterocycles. The molecule has 0 aromatic carbocycles. The monoisotopic (exact) mass is 401 g/mol. The Hall–Kier alpha value is -0.290. The van der Waals surface area contributed by atoms with Gasteiger partial charge in [0.05, 0.1) is 9.26 Å². The molecule has 0 saturated carbocycles. The van der Waals surface area contributed by atoms with Gasteiger partial charge in [0.1, 0.15) is 4.90 Å². The van der Waals surface area contributed by atoms with Crippen LogP contribution in [-0.4, -0.2) is 19.8 Å². The number of nitrogens with zero attached hydrogens (tertiary/aromatic N) is 1. The third kappa shape index (κ3) is 3.85. The van der Waals surface area contributed by atoms with E-state index in [1.807, 2.05) is 0 Å². The van der Waals surface area contributed by atoms with Crippen molar-refractivity contribution in [2.75, 3.05) is 0 Å². The van der Waals surface area contributed by atoms with E-state index < -0.39 is 26.1 Å². The quantitative estimate of drug-likeness (QED) is 0.565. The van der Waals surface area contributed by atoms with Crippen molar-refractivity contribution in [2.24, 2.45) is 0 Å². The van der Waals surface area contributed by atoms with Crippen LogP contribution in [0.1, 0.15) is 5.69 Å². The van der Waals surface area contributed by atoms with Crippen LogP contribution in [0.25, 0.3) is 0 Å². The summed E-state index contributed by atoms with van der Waals surface area (Å²) in [5.74, 6) is -0.903. The third-order valence-electron chi connectivity index (χ3n) is 1.58. The number of rotatable bonds is 2. The molecule has 0 amide bonds. The number of halogens is 5. The molecule has 0 bridgehead atoms. The molecule has 0 unspecified atom stereocenters. The molecule has 0 spiro atoms. The lowest BCUT2D eigenvalue weighted by atomic mass is 10.3. The lowest BCUT2D eigenvalue weighted by Crippen LogP contribution is -2.20. The van der Waals surface area contributed by atoms with Gasteiger partial charge in [-0.15, -0.1) is 13.2 Å². The Labute approximate surface area is 113 Å². The maximum atomic E-state index is 12.1. The SMILES string of the molecule is Cc1ncc(I)c(S(=O)(=O)Cl)c1OC(F)(F)F. The summed E-state index contributed by atoms with van der Waals surface area (Å²) in [6.07, 6.45) is -3.93. The Kier molecular flexibility index (Phi) is 4.14. The molecule has 1 aromatic heterocycles. The van der Waals surface area contributed by atoms with Crippen molar-refractivity contribution in [3.05, 3.63) is 15.5 Å². The average molecular weight is 402 g/mol. The van der Waals surface area contributed by atoms with Crippen LogP contribution in [0.5, 0.6) is 5.75 Å². The summed E-state index contributed by atoms with van der Waals surface area (Å²) in [7, 11) is 0.703. The lowest BCUT2D eigenvalue weighted by molar-refractivity contribution is -0.276. The highest BCUT2D eigenvalue weighted by molar-refractivity contribution is 14.1. The molecule has 0 aliphatic heterocycles. The number of aryl methyl sites for hydroxylation is 1. The van der Waals surface area contributed by atoms with Crippen molar-refractivity contribution < 1.29 is 26.3 Å². The molecule has 10 heteroatoms. The first-order valence-corrected chi connectivity index (χ1v) is 7.26. The number of pyridine rings is 1. The van der Waals surface area contributed by atoms with Gasteiger partial charge in [0.2, 0.25) is 0 Å². The lowest BCUT2D eigenvalue weighted by Gasteiger charge is -2.14. The average Bonchev–Trinajstić information content (AvgIpc) is 2.06. The fraction of sp³-hybridized carbons (Fsp3) is 0.286. The standard InChI is InChI=1S/C7H4ClF3INO3S/c1-3-5(16-7(9,10)11)6(17(8,14)15)4(12)2-13-3/h2H,1H3. The molecule has 0 radical (unpaired) electrons. The first-order chi connectivity index (χ1) is 7.52. The number of hydrogen-bond donors (Lipinski definition) is 0. The fourth-order valence-corrected chi connectivity index (χ4v) is 3.81. The molecule has 0 N–H and O–H groups in total. The van der Waals surface area contributed by atoms with Crippen molar-refractivity contribution in [3.63, 3.8) is 0 Å². The van der Waals surface area contributed by atoms with Gasteiger partial charge in [0.15, 0.2) is 5.75 Å². The predicted octanol–water partition coefficient (Wildman–Crippen LogP) is 2.82. The second kappa shape index (κ2) is 4.76. The highest BCUT2D eigenvalue weighted by atomic mass is 127. The number of ether oxygens (including phenoxy) is 1. The van der Waals surface area contributed by atoms with Gasteiger partial charge in [-0.05, 0) is 29.5 Å². The molecule has 1 aromatic rings. The van der Waals surface area contributed by atoms with Gasteiger partial charge >= 0.3 is 6.36 Å². The van der Waals surface area contributed by atoms with Gasteiger partial charge in [-0.2, -0.15) is 0 Å². The minimum Gasteiger partial charge on any atom is -0.402 e. The molecule has 96 valence electrons. The van der Waals surface area contributed by atoms with E-state index in [4.69, 9.17) is 10.7 Å². The van der Waals surface area contributed by atoms with Crippen molar-refractivity contribution in [1.29, 1.82) is 0 Å². The van der Waals surface area contributed by atoms with Crippen molar-refractivity contribution in [3.8, 4) is 5.75 Å². The van der Waals surface area contributed by atoms with E-state index in [1.54, 1.807) is 0 Å². The number of hydrogen-bond acceptors (Lipinski definition) is 4. The van der Waals surface area contributed by atoms with Crippen molar-refractivity contribution >= 4 is 42.3 Å². The fourth-order valence-electron chi connectivity index (χ4n) is 1.01. The van der Waals surface area contributed by atoms with Crippen molar-refractivity contribution in [1.82, 2.24) is 4.98 Å². The highest BCUT2D eigenvalue weighted by Gasteiger charge is 2.36. The van der Waals surface area contributed by atoms with Gasteiger partial charge in [-0.3, -0.25) is 4.98 Å². The summed E-state index contributed by atoms with van der Waals surface area (Å²) < 4.78 is 62.4. The Morgan fingerprint density at radius 2 is 2.00 bits per heavy atom. The molecule has 0 aliphatic carbocycles. The second-order valence-corrected chi connectivity index (χ2v) is 6.50. The first-order valence-electron chi connectivity index (χ1n) is 3.88. The summed E-state index contributed by atoms with van der Waals surface area (Å²) in [6.45, 7) is 1.18. The van der Waals surface area contributed by atoms with E-state index in [1.165, 1.54) is 29.5 Å². The van der Waals surface area contributed by atoms with Crippen LogP contribution >= 0.6 is 33.3 Å². The number of aromatic nitrogens is 1. The topological polar surface area (TPSA) is 56.3 Å². The van der Waals surface area contributed by atoms with Gasteiger partial charge in [-0.25, -0.2) is 8.42 Å². The maximum Gasteiger partial charge on any atom is 0.573 e. The minimum absolute atomic E-state index is 0.0533. The van der Waals surface area contributed by atoms with E-state index in [-0.39, 0.29) is 9.26 Å². The van der Waals surface area contributed by atoms with Crippen molar-refractivity contribution in [2.45, 2.75) is 18.2 Å². The first kappa shape index (κ1) is 14.8. The molecule has 4 nitrogen and oxygen atoms in total.